The van der Waals surface area contributed by atoms with Crippen LogP contribution in [0.4, 0.5) is 5.69 Å². The number of fused-ring (bicyclic) bond motifs is 1. The largest absolute Gasteiger partial charge is 0.324 e. The van der Waals surface area contributed by atoms with Crippen LogP contribution in [0.2, 0.25) is 5.02 Å². The molecule has 0 saturated heterocycles. The summed E-state index contributed by atoms with van der Waals surface area (Å²) in [6.45, 7) is 0.444. The molecule has 0 unspecified atom stereocenters. The summed E-state index contributed by atoms with van der Waals surface area (Å²) < 4.78 is 0. The van der Waals surface area contributed by atoms with Gasteiger partial charge in [0.25, 0.3) is 5.91 Å². The van der Waals surface area contributed by atoms with E-state index in [2.05, 4.69) is 17.4 Å². The lowest BCUT2D eigenvalue weighted by molar-refractivity contribution is -0.119. The van der Waals surface area contributed by atoms with Crippen LogP contribution < -0.4 is 5.32 Å². The van der Waals surface area contributed by atoms with Crippen molar-refractivity contribution in [2.45, 2.75) is 18.3 Å². The van der Waals surface area contributed by atoms with Crippen LogP contribution in [0.25, 0.3) is 0 Å². The molecule has 1 aliphatic heterocycles. The van der Waals surface area contributed by atoms with Gasteiger partial charge in [-0.25, -0.2) is 0 Å². The van der Waals surface area contributed by atoms with Crippen molar-refractivity contribution < 1.29 is 9.59 Å². The molecule has 0 radical (unpaired) electrons. The third kappa shape index (κ3) is 4.69. The molecule has 152 valence electrons. The van der Waals surface area contributed by atoms with E-state index >= 15 is 0 Å². The molecular formula is C24H21ClN2O2S. The van der Waals surface area contributed by atoms with Gasteiger partial charge >= 0.3 is 0 Å². The first-order chi connectivity index (χ1) is 14.6. The summed E-state index contributed by atoms with van der Waals surface area (Å²) in [6, 6.07) is 24.1. The van der Waals surface area contributed by atoms with Crippen molar-refractivity contribution in [2.75, 3.05) is 11.1 Å². The second-order valence-corrected chi connectivity index (χ2v) is 8.57. The Balaban J connectivity index is 1.51. The van der Waals surface area contributed by atoms with E-state index in [1.54, 1.807) is 40.9 Å². The molecule has 0 fully saturated rings. The molecule has 4 rings (SSSR count). The first-order valence-corrected chi connectivity index (χ1v) is 11.2. The fourth-order valence-corrected chi connectivity index (χ4v) is 4.68. The van der Waals surface area contributed by atoms with E-state index in [1.807, 2.05) is 42.5 Å². The van der Waals surface area contributed by atoms with Gasteiger partial charge in [-0.2, -0.15) is 11.8 Å². The minimum Gasteiger partial charge on any atom is -0.324 e. The van der Waals surface area contributed by atoms with E-state index in [0.29, 0.717) is 28.6 Å². The number of carbonyl (C=O) groups excluding carboxylic acids is 2. The number of amides is 2. The van der Waals surface area contributed by atoms with Crippen molar-refractivity contribution in [1.29, 1.82) is 0 Å². The zero-order chi connectivity index (χ0) is 20.9. The number of nitrogens with one attached hydrogen (secondary N) is 1. The van der Waals surface area contributed by atoms with Gasteiger partial charge < -0.3 is 10.2 Å². The molecule has 4 nitrogen and oxygen atoms in total. The average Bonchev–Trinajstić information content (AvgIpc) is 3.10. The highest BCUT2D eigenvalue weighted by atomic mass is 35.5. The van der Waals surface area contributed by atoms with Gasteiger partial charge in [0, 0.05) is 34.3 Å². The molecule has 1 atom stereocenters. The third-order valence-electron chi connectivity index (χ3n) is 5.03. The van der Waals surface area contributed by atoms with Gasteiger partial charge in [-0.15, -0.1) is 0 Å². The molecule has 0 saturated carbocycles. The quantitative estimate of drug-likeness (QED) is 0.551. The first-order valence-electron chi connectivity index (χ1n) is 9.69. The Morgan fingerprint density at radius 2 is 1.70 bits per heavy atom. The zero-order valence-corrected chi connectivity index (χ0v) is 17.8. The molecular weight excluding hydrogens is 416 g/mol. The lowest BCUT2D eigenvalue weighted by atomic mass is 10.1. The van der Waals surface area contributed by atoms with E-state index in [0.717, 1.165) is 11.3 Å². The van der Waals surface area contributed by atoms with Crippen LogP contribution in [0.3, 0.4) is 0 Å². The summed E-state index contributed by atoms with van der Waals surface area (Å²) in [5.41, 5.74) is 3.48. The van der Waals surface area contributed by atoms with Gasteiger partial charge in [0.05, 0.1) is 0 Å². The third-order valence-corrected chi connectivity index (χ3v) is 6.37. The number of benzene rings is 3. The highest BCUT2D eigenvalue weighted by molar-refractivity contribution is 7.98. The summed E-state index contributed by atoms with van der Waals surface area (Å²) in [5.74, 6) is 0.996. The summed E-state index contributed by atoms with van der Waals surface area (Å²) >= 11 is 7.59. The molecule has 1 N–H and O–H groups in total. The number of nitrogens with zero attached hydrogens (tertiary/aromatic N) is 1. The number of hydrogen-bond donors (Lipinski definition) is 1. The Bertz CT molecular complexity index is 1040. The molecule has 1 heterocycles. The van der Waals surface area contributed by atoms with Crippen molar-refractivity contribution in [1.82, 2.24) is 4.90 Å². The van der Waals surface area contributed by atoms with Crippen molar-refractivity contribution in [3.8, 4) is 0 Å². The maximum absolute atomic E-state index is 13.2. The molecule has 6 heteroatoms. The van der Waals surface area contributed by atoms with Gasteiger partial charge in [-0.1, -0.05) is 60.1 Å². The van der Waals surface area contributed by atoms with E-state index < -0.39 is 6.04 Å². The fraction of sp³-hybridized carbons (Fsp3) is 0.167. The van der Waals surface area contributed by atoms with Crippen LogP contribution in [0.15, 0.2) is 78.9 Å². The SMILES string of the molecule is O=C(Nc1ccc(Cl)cc1)[C@H](CSCc1ccccc1)N1Cc2ccccc2C1=O. The number of halogens is 1. The molecule has 0 aromatic heterocycles. The van der Waals surface area contributed by atoms with Gasteiger partial charge in [0.15, 0.2) is 0 Å². The standard InChI is InChI=1S/C24H21ClN2O2S/c25-19-10-12-20(13-11-19)26-23(28)22(16-30-15-17-6-2-1-3-7-17)27-14-18-8-4-5-9-21(18)24(27)29/h1-13,22H,14-16H2,(H,26,28)/t22-/m0/s1. The van der Waals surface area contributed by atoms with Crippen LogP contribution in [-0.2, 0) is 17.1 Å². The molecule has 0 bridgehead atoms. The van der Waals surface area contributed by atoms with Crippen molar-refractivity contribution in [3.05, 3.63) is 101 Å². The normalized spacial score (nSPS) is 13.8. The Morgan fingerprint density at radius 1 is 1.00 bits per heavy atom. The van der Waals surface area contributed by atoms with Gasteiger partial charge in [-0.3, -0.25) is 9.59 Å². The zero-order valence-electron chi connectivity index (χ0n) is 16.3. The maximum Gasteiger partial charge on any atom is 0.255 e. The predicted octanol–water partition coefficient (Wildman–Crippen LogP) is 5.24. The van der Waals surface area contributed by atoms with Crippen LogP contribution >= 0.6 is 23.4 Å². The number of thioether (sulfide) groups is 1. The number of carbonyl (C=O) groups is 2. The molecule has 30 heavy (non-hydrogen) atoms. The second kappa shape index (κ2) is 9.37. The van der Waals surface area contributed by atoms with E-state index in [4.69, 9.17) is 11.6 Å². The van der Waals surface area contributed by atoms with E-state index in [9.17, 15) is 9.59 Å². The second-order valence-electron chi connectivity index (χ2n) is 7.10. The van der Waals surface area contributed by atoms with Crippen LogP contribution in [0.5, 0.6) is 0 Å². The Labute approximate surface area is 185 Å². The maximum atomic E-state index is 13.2. The summed E-state index contributed by atoms with van der Waals surface area (Å²) in [5, 5.41) is 3.54. The van der Waals surface area contributed by atoms with Gasteiger partial charge in [-0.05, 0) is 41.5 Å². The minimum absolute atomic E-state index is 0.0952. The summed E-state index contributed by atoms with van der Waals surface area (Å²) in [6.07, 6.45) is 0. The Kier molecular flexibility index (Phi) is 6.41. The summed E-state index contributed by atoms with van der Waals surface area (Å²) in [4.78, 5) is 27.8. The lowest BCUT2D eigenvalue weighted by Gasteiger charge is -2.27. The minimum atomic E-state index is -0.575. The van der Waals surface area contributed by atoms with Gasteiger partial charge in [0.1, 0.15) is 6.04 Å². The van der Waals surface area contributed by atoms with E-state index in [1.165, 1.54) is 5.56 Å². The monoisotopic (exact) mass is 436 g/mol. The van der Waals surface area contributed by atoms with Crippen molar-refractivity contribution in [2.24, 2.45) is 0 Å². The molecule has 2 amide bonds. The number of hydrogen-bond acceptors (Lipinski definition) is 3. The predicted molar refractivity (Wildman–Crippen MR) is 123 cm³/mol. The molecule has 0 aliphatic carbocycles. The Morgan fingerprint density at radius 3 is 2.43 bits per heavy atom. The van der Waals surface area contributed by atoms with Gasteiger partial charge in [0.2, 0.25) is 5.91 Å². The van der Waals surface area contributed by atoms with Crippen LogP contribution in [0.1, 0.15) is 21.5 Å². The smallest absolute Gasteiger partial charge is 0.255 e. The Hall–Kier alpha value is -2.76. The number of anilines is 1. The molecule has 3 aromatic carbocycles. The number of rotatable bonds is 7. The lowest BCUT2D eigenvalue weighted by Crippen LogP contribution is -2.46. The van der Waals surface area contributed by atoms with Crippen LogP contribution in [0, 0.1) is 0 Å². The molecule has 0 spiro atoms. The van der Waals surface area contributed by atoms with E-state index in [-0.39, 0.29) is 11.8 Å². The highest BCUT2D eigenvalue weighted by Crippen LogP contribution is 2.27. The fourth-order valence-electron chi connectivity index (χ4n) is 3.46. The van der Waals surface area contributed by atoms with Crippen molar-refractivity contribution in [3.63, 3.8) is 0 Å². The topological polar surface area (TPSA) is 49.4 Å². The molecule has 1 aliphatic rings. The summed E-state index contributed by atoms with van der Waals surface area (Å²) in [7, 11) is 0. The molecule has 3 aromatic rings. The van der Waals surface area contributed by atoms with Crippen LogP contribution in [-0.4, -0.2) is 28.5 Å². The highest BCUT2D eigenvalue weighted by Gasteiger charge is 2.36. The first kappa shape index (κ1) is 20.5. The average molecular weight is 437 g/mol. The van der Waals surface area contributed by atoms with Crippen molar-refractivity contribution >= 4 is 40.9 Å².